The fourth-order valence-corrected chi connectivity index (χ4v) is 5.52. The van der Waals surface area contributed by atoms with Crippen molar-refractivity contribution in [3.63, 3.8) is 0 Å². The molecule has 0 saturated carbocycles. The Kier molecular flexibility index (Phi) is 11.2. The van der Waals surface area contributed by atoms with Gasteiger partial charge in [0.15, 0.2) is 6.61 Å². The maximum absolute atomic E-state index is 13.9. The van der Waals surface area contributed by atoms with Gasteiger partial charge in [-0.2, -0.15) is 0 Å². The number of aliphatic carboxylic acids is 1. The summed E-state index contributed by atoms with van der Waals surface area (Å²) in [7, 11) is 0. The zero-order valence-electron chi connectivity index (χ0n) is 25.8. The molecule has 1 aliphatic carbocycles. The number of benzene rings is 3. The van der Waals surface area contributed by atoms with E-state index in [4.69, 9.17) is 14.6 Å². The first-order chi connectivity index (χ1) is 21.4. The van der Waals surface area contributed by atoms with Gasteiger partial charge in [-0.15, -0.1) is 0 Å². The van der Waals surface area contributed by atoms with E-state index in [-0.39, 0.29) is 18.7 Å². The SMILES string of the molecule is CC(C)(C)OC(=O)N[C@@H](Cc1ccccc1)[C@@H](O)C[C@@H](Cc1ccc(OCC(=O)O)cc1)C(=O)N[C@H]1c2ccccc2CC1O. The van der Waals surface area contributed by atoms with Gasteiger partial charge in [0.05, 0.1) is 24.3 Å². The second kappa shape index (κ2) is 15.0. The van der Waals surface area contributed by atoms with Crippen molar-refractivity contribution < 1.29 is 39.2 Å². The standard InChI is InChI=1S/C35H42N2O8/c1-35(2,3)45-34(43)36-28(18-22-9-5-4-6-10-22)29(38)20-25(17-23-13-15-26(16-14-23)44-21-31(40)41)33(42)37-32-27-12-8-7-11-24(27)19-30(32)39/h4-16,25,28-30,32,38-39H,17-21H2,1-3H3,(H,36,43)(H,37,42)(H,40,41)/t25-,28+,29+,30?,32+/m1/s1. The van der Waals surface area contributed by atoms with E-state index in [1.54, 1.807) is 45.0 Å². The van der Waals surface area contributed by atoms with Gasteiger partial charge in [-0.05, 0) is 74.4 Å². The van der Waals surface area contributed by atoms with E-state index in [2.05, 4.69) is 10.6 Å². The minimum Gasteiger partial charge on any atom is -0.482 e. The minimum absolute atomic E-state index is 0.000852. The normalized spacial score (nSPS) is 17.8. The van der Waals surface area contributed by atoms with Crippen molar-refractivity contribution in [3.8, 4) is 5.75 Å². The van der Waals surface area contributed by atoms with Gasteiger partial charge in [-0.25, -0.2) is 9.59 Å². The number of carboxylic acid groups (broad SMARTS) is 1. The molecule has 4 rings (SSSR count). The Hall–Kier alpha value is -4.41. The smallest absolute Gasteiger partial charge is 0.407 e. The number of carbonyl (C=O) groups excluding carboxylic acids is 2. The molecule has 2 amide bonds. The maximum atomic E-state index is 13.9. The Morgan fingerprint density at radius 1 is 0.911 bits per heavy atom. The summed E-state index contributed by atoms with van der Waals surface area (Å²) >= 11 is 0. The molecule has 10 heteroatoms. The van der Waals surface area contributed by atoms with Crippen molar-refractivity contribution in [1.82, 2.24) is 10.6 Å². The molecule has 3 aromatic rings. The molecule has 0 bridgehead atoms. The Balaban J connectivity index is 1.56. The molecule has 0 fully saturated rings. The number of aliphatic hydroxyl groups excluding tert-OH is 2. The predicted molar refractivity (Wildman–Crippen MR) is 168 cm³/mol. The monoisotopic (exact) mass is 618 g/mol. The second-order valence-corrected chi connectivity index (χ2v) is 12.4. The summed E-state index contributed by atoms with van der Waals surface area (Å²) < 4.78 is 10.7. The quantitative estimate of drug-likeness (QED) is 0.193. The highest BCUT2D eigenvalue weighted by Gasteiger charge is 2.35. The van der Waals surface area contributed by atoms with Crippen LogP contribution in [0.25, 0.3) is 0 Å². The average molecular weight is 619 g/mol. The number of nitrogens with one attached hydrogen (secondary N) is 2. The van der Waals surface area contributed by atoms with E-state index in [0.29, 0.717) is 18.6 Å². The van der Waals surface area contributed by atoms with E-state index in [0.717, 1.165) is 22.3 Å². The van der Waals surface area contributed by atoms with Gasteiger partial charge >= 0.3 is 12.1 Å². The third kappa shape index (κ3) is 10.1. The Labute approximate surface area is 263 Å². The lowest BCUT2D eigenvalue weighted by atomic mass is 9.88. The fourth-order valence-electron chi connectivity index (χ4n) is 5.52. The number of amides is 2. The number of fused-ring (bicyclic) bond motifs is 1. The van der Waals surface area contributed by atoms with Gasteiger partial charge in [-0.1, -0.05) is 66.7 Å². The fraction of sp³-hybridized carbons (Fsp3) is 0.400. The first-order valence-electron chi connectivity index (χ1n) is 15.1. The number of aliphatic hydroxyl groups is 2. The molecule has 0 radical (unpaired) electrons. The summed E-state index contributed by atoms with van der Waals surface area (Å²) in [4.78, 5) is 37.5. The minimum atomic E-state index is -1.13. The second-order valence-electron chi connectivity index (χ2n) is 12.4. The summed E-state index contributed by atoms with van der Waals surface area (Å²) in [6.07, 6.45) is -1.64. The van der Waals surface area contributed by atoms with E-state index in [1.807, 2.05) is 54.6 Å². The highest BCUT2D eigenvalue weighted by Crippen LogP contribution is 2.32. The van der Waals surface area contributed by atoms with Crippen LogP contribution in [-0.2, 0) is 33.6 Å². The van der Waals surface area contributed by atoms with Crippen LogP contribution in [0, 0.1) is 5.92 Å². The third-order valence-electron chi connectivity index (χ3n) is 7.63. The van der Waals surface area contributed by atoms with Crippen LogP contribution in [0.5, 0.6) is 5.75 Å². The molecule has 1 aliphatic rings. The van der Waals surface area contributed by atoms with E-state index < -0.39 is 54.5 Å². The van der Waals surface area contributed by atoms with Crippen LogP contribution in [0.4, 0.5) is 4.79 Å². The van der Waals surface area contributed by atoms with E-state index in [1.165, 1.54) is 0 Å². The molecular formula is C35H42N2O8. The average Bonchev–Trinajstić information content (AvgIpc) is 3.30. The van der Waals surface area contributed by atoms with Crippen molar-refractivity contribution >= 4 is 18.0 Å². The van der Waals surface area contributed by atoms with Crippen molar-refractivity contribution in [2.24, 2.45) is 5.92 Å². The van der Waals surface area contributed by atoms with Crippen LogP contribution < -0.4 is 15.4 Å². The number of hydrogen-bond acceptors (Lipinski definition) is 7. The summed E-state index contributed by atoms with van der Waals surface area (Å²) in [5.41, 5.74) is 2.73. The van der Waals surface area contributed by atoms with Gasteiger partial charge in [0.25, 0.3) is 0 Å². The lowest BCUT2D eigenvalue weighted by Gasteiger charge is -2.29. The van der Waals surface area contributed by atoms with Gasteiger partial charge in [0.1, 0.15) is 11.4 Å². The van der Waals surface area contributed by atoms with Gasteiger partial charge in [-0.3, -0.25) is 4.79 Å². The molecule has 0 aromatic heterocycles. The number of alkyl carbamates (subject to hydrolysis) is 1. The van der Waals surface area contributed by atoms with E-state index in [9.17, 15) is 24.6 Å². The first-order valence-corrected chi connectivity index (χ1v) is 15.1. The summed E-state index contributed by atoms with van der Waals surface area (Å²) in [5.74, 6) is -1.82. The highest BCUT2D eigenvalue weighted by molar-refractivity contribution is 5.80. The van der Waals surface area contributed by atoms with Crippen LogP contribution in [0.2, 0.25) is 0 Å². The molecular weight excluding hydrogens is 576 g/mol. The Morgan fingerprint density at radius 2 is 1.56 bits per heavy atom. The van der Waals surface area contributed by atoms with Crippen LogP contribution in [0.15, 0.2) is 78.9 Å². The topological polar surface area (TPSA) is 154 Å². The molecule has 0 aliphatic heterocycles. The summed E-state index contributed by atoms with van der Waals surface area (Å²) in [5, 5.41) is 37.1. The lowest BCUT2D eigenvalue weighted by molar-refractivity contribution is -0.139. The highest BCUT2D eigenvalue weighted by atomic mass is 16.6. The first kappa shape index (κ1) is 33.5. The number of hydrogen-bond donors (Lipinski definition) is 5. The molecule has 45 heavy (non-hydrogen) atoms. The van der Waals surface area contributed by atoms with Crippen molar-refractivity contribution in [2.45, 2.75) is 76.3 Å². The van der Waals surface area contributed by atoms with Gasteiger partial charge in [0, 0.05) is 12.3 Å². The molecule has 240 valence electrons. The van der Waals surface area contributed by atoms with Gasteiger partial charge < -0.3 is 35.4 Å². The largest absolute Gasteiger partial charge is 0.482 e. The summed E-state index contributed by atoms with van der Waals surface area (Å²) in [6.45, 7) is 4.78. The molecule has 10 nitrogen and oxygen atoms in total. The molecule has 5 N–H and O–H groups in total. The zero-order valence-corrected chi connectivity index (χ0v) is 25.8. The van der Waals surface area contributed by atoms with Crippen LogP contribution in [0.3, 0.4) is 0 Å². The lowest BCUT2D eigenvalue weighted by Crippen LogP contribution is -2.48. The molecule has 0 spiro atoms. The van der Waals surface area contributed by atoms with E-state index >= 15 is 0 Å². The van der Waals surface area contributed by atoms with Crippen molar-refractivity contribution in [3.05, 3.63) is 101 Å². The Bertz CT molecular complexity index is 1440. The van der Waals surface area contributed by atoms with Crippen LogP contribution in [-0.4, -0.2) is 63.7 Å². The van der Waals surface area contributed by atoms with Crippen molar-refractivity contribution in [1.29, 1.82) is 0 Å². The molecule has 3 aromatic carbocycles. The zero-order chi connectivity index (χ0) is 32.6. The van der Waals surface area contributed by atoms with Crippen LogP contribution >= 0.6 is 0 Å². The predicted octanol–water partition coefficient (Wildman–Crippen LogP) is 3.97. The molecule has 1 unspecified atom stereocenters. The van der Waals surface area contributed by atoms with Gasteiger partial charge in [0.2, 0.25) is 5.91 Å². The molecule has 0 heterocycles. The number of carboxylic acids is 1. The van der Waals surface area contributed by atoms with Crippen LogP contribution in [0.1, 0.15) is 55.5 Å². The van der Waals surface area contributed by atoms with Crippen molar-refractivity contribution in [2.75, 3.05) is 6.61 Å². The molecule has 0 saturated heterocycles. The maximum Gasteiger partial charge on any atom is 0.407 e. The molecule has 5 atom stereocenters. The number of rotatable bonds is 13. The number of ether oxygens (including phenoxy) is 2. The Morgan fingerprint density at radius 3 is 2.22 bits per heavy atom. The number of carbonyl (C=O) groups is 3. The third-order valence-corrected chi connectivity index (χ3v) is 7.63. The summed E-state index contributed by atoms with van der Waals surface area (Å²) in [6, 6.07) is 22.4.